The Balaban J connectivity index is 1.91. The van der Waals surface area contributed by atoms with E-state index in [1.54, 1.807) is 18.6 Å². The van der Waals surface area contributed by atoms with E-state index in [1.807, 2.05) is 28.9 Å². The maximum absolute atomic E-state index is 4.74. The van der Waals surface area contributed by atoms with Crippen molar-refractivity contribution in [1.29, 1.82) is 0 Å². The van der Waals surface area contributed by atoms with Crippen LogP contribution in [-0.4, -0.2) is 26.3 Å². The maximum atomic E-state index is 4.74. The van der Waals surface area contributed by atoms with Gasteiger partial charge in [0.1, 0.15) is 17.2 Å². The minimum atomic E-state index is 0.811. The molecule has 1 aliphatic rings. The van der Waals surface area contributed by atoms with Gasteiger partial charge in [0.15, 0.2) is 0 Å². The fraction of sp³-hybridized carbons (Fsp3) is 0.133. The number of aromatic nitrogens is 4. The van der Waals surface area contributed by atoms with Crippen molar-refractivity contribution in [2.45, 2.75) is 6.42 Å². The van der Waals surface area contributed by atoms with Gasteiger partial charge in [-0.15, -0.1) is 0 Å². The van der Waals surface area contributed by atoms with E-state index >= 15 is 0 Å². The molecule has 4 rings (SSSR count). The first-order chi connectivity index (χ1) is 10.3. The first-order valence-corrected chi connectivity index (χ1v) is 7.50. The molecule has 0 spiro atoms. The molecule has 1 N–H and O–H groups in total. The number of benzene rings is 1. The summed E-state index contributed by atoms with van der Waals surface area (Å²) in [5.41, 5.74) is 3.94. The van der Waals surface area contributed by atoms with E-state index in [2.05, 4.69) is 31.2 Å². The van der Waals surface area contributed by atoms with Crippen LogP contribution in [0.1, 0.15) is 5.56 Å². The van der Waals surface area contributed by atoms with Crippen molar-refractivity contribution in [2.75, 3.05) is 11.9 Å². The second-order valence-corrected chi connectivity index (χ2v) is 5.75. The minimum Gasteiger partial charge on any atom is -0.369 e. The van der Waals surface area contributed by atoms with Crippen molar-refractivity contribution in [3.63, 3.8) is 0 Å². The second-order valence-electron chi connectivity index (χ2n) is 4.83. The average Bonchev–Trinajstić information content (AvgIpc) is 3.10. The summed E-state index contributed by atoms with van der Waals surface area (Å²) in [6.07, 6.45) is 6.08. The van der Waals surface area contributed by atoms with Gasteiger partial charge in [0, 0.05) is 29.0 Å². The van der Waals surface area contributed by atoms with Crippen molar-refractivity contribution < 1.29 is 0 Å². The van der Waals surface area contributed by atoms with Crippen LogP contribution in [0.5, 0.6) is 0 Å². The fourth-order valence-corrected chi connectivity index (χ4v) is 2.98. The Bertz CT molecular complexity index is 797. The third-order valence-corrected chi connectivity index (χ3v) is 4.00. The predicted octanol–water partition coefficient (Wildman–Crippen LogP) is 3.06. The molecule has 3 heterocycles. The lowest BCUT2D eigenvalue weighted by Gasteiger charge is -2.06. The highest BCUT2D eigenvalue weighted by atomic mass is 79.9. The van der Waals surface area contributed by atoms with Crippen LogP contribution in [0.4, 0.5) is 5.82 Å². The lowest BCUT2D eigenvalue weighted by Crippen LogP contribution is -2.04. The SMILES string of the molecule is Brc1cccc(-n2nc(-c3cnccn3)c3c2NCC3)c1. The third-order valence-electron chi connectivity index (χ3n) is 3.51. The summed E-state index contributed by atoms with van der Waals surface area (Å²) in [5.74, 6) is 1.05. The van der Waals surface area contributed by atoms with Gasteiger partial charge in [-0.2, -0.15) is 5.10 Å². The number of nitrogens with one attached hydrogen (secondary N) is 1. The van der Waals surface area contributed by atoms with Gasteiger partial charge in [0.05, 0.1) is 11.9 Å². The molecule has 0 saturated carbocycles. The highest BCUT2D eigenvalue weighted by Crippen LogP contribution is 2.33. The van der Waals surface area contributed by atoms with Gasteiger partial charge in [-0.05, 0) is 24.6 Å². The largest absolute Gasteiger partial charge is 0.369 e. The molecule has 1 aromatic carbocycles. The lowest BCUT2D eigenvalue weighted by molar-refractivity contribution is 0.878. The van der Waals surface area contributed by atoms with E-state index < -0.39 is 0 Å². The summed E-state index contributed by atoms with van der Waals surface area (Å²) < 4.78 is 2.97. The molecule has 0 fully saturated rings. The lowest BCUT2D eigenvalue weighted by atomic mass is 10.1. The van der Waals surface area contributed by atoms with Crippen molar-refractivity contribution >= 4 is 21.7 Å². The number of rotatable bonds is 2. The first-order valence-electron chi connectivity index (χ1n) is 6.71. The summed E-state index contributed by atoms with van der Waals surface area (Å²) in [4.78, 5) is 8.52. The number of hydrogen-bond donors (Lipinski definition) is 1. The quantitative estimate of drug-likeness (QED) is 0.778. The summed E-state index contributed by atoms with van der Waals surface area (Å²) in [6.45, 7) is 0.925. The summed E-state index contributed by atoms with van der Waals surface area (Å²) in [7, 11) is 0. The Hall–Kier alpha value is -2.21. The monoisotopic (exact) mass is 341 g/mol. The molecule has 5 nitrogen and oxygen atoms in total. The van der Waals surface area contributed by atoms with Crippen LogP contribution in [-0.2, 0) is 6.42 Å². The van der Waals surface area contributed by atoms with Crippen molar-refractivity contribution in [2.24, 2.45) is 0 Å². The molecule has 0 radical (unpaired) electrons. The van der Waals surface area contributed by atoms with E-state index in [-0.39, 0.29) is 0 Å². The Kier molecular flexibility index (Phi) is 2.96. The van der Waals surface area contributed by atoms with E-state index in [0.717, 1.165) is 40.3 Å². The highest BCUT2D eigenvalue weighted by Gasteiger charge is 2.24. The molecule has 2 aromatic heterocycles. The number of nitrogens with zero attached hydrogens (tertiary/aromatic N) is 4. The Morgan fingerprint density at radius 2 is 2.19 bits per heavy atom. The van der Waals surface area contributed by atoms with Gasteiger partial charge < -0.3 is 5.32 Å². The van der Waals surface area contributed by atoms with E-state index in [4.69, 9.17) is 5.10 Å². The highest BCUT2D eigenvalue weighted by molar-refractivity contribution is 9.10. The van der Waals surface area contributed by atoms with E-state index in [0.29, 0.717) is 0 Å². The van der Waals surface area contributed by atoms with Crippen LogP contribution in [0.25, 0.3) is 17.1 Å². The first kappa shape index (κ1) is 12.5. The summed E-state index contributed by atoms with van der Waals surface area (Å²) in [6, 6.07) is 8.10. The maximum Gasteiger partial charge on any atom is 0.133 e. The third kappa shape index (κ3) is 2.12. The molecule has 21 heavy (non-hydrogen) atoms. The molecular formula is C15H12BrN5. The molecule has 0 bridgehead atoms. The van der Waals surface area contributed by atoms with Crippen LogP contribution < -0.4 is 5.32 Å². The zero-order valence-electron chi connectivity index (χ0n) is 11.1. The van der Waals surface area contributed by atoms with Gasteiger partial charge in [-0.3, -0.25) is 9.97 Å². The van der Waals surface area contributed by atoms with Gasteiger partial charge >= 0.3 is 0 Å². The van der Waals surface area contributed by atoms with Gasteiger partial charge in [-0.25, -0.2) is 4.68 Å². The van der Waals surface area contributed by atoms with Crippen LogP contribution >= 0.6 is 15.9 Å². The zero-order valence-corrected chi connectivity index (χ0v) is 12.7. The summed E-state index contributed by atoms with van der Waals surface area (Å²) in [5, 5.41) is 8.16. The smallest absolute Gasteiger partial charge is 0.133 e. The molecule has 0 unspecified atom stereocenters. The summed E-state index contributed by atoms with van der Waals surface area (Å²) >= 11 is 3.51. The van der Waals surface area contributed by atoms with Crippen molar-refractivity contribution in [3.8, 4) is 17.1 Å². The van der Waals surface area contributed by atoms with Gasteiger partial charge in [0.2, 0.25) is 0 Å². The molecule has 0 amide bonds. The second kappa shape index (κ2) is 4.96. The number of fused-ring (bicyclic) bond motifs is 1. The standard InChI is InChI=1S/C15H12BrN5/c16-10-2-1-3-11(8-10)21-15-12(4-5-19-15)14(20-21)13-9-17-6-7-18-13/h1-3,6-9,19H,4-5H2. The van der Waals surface area contributed by atoms with Gasteiger partial charge in [-0.1, -0.05) is 22.0 Å². The Labute approximate surface area is 130 Å². The average molecular weight is 342 g/mol. The normalized spacial score (nSPS) is 13.0. The predicted molar refractivity (Wildman–Crippen MR) is 84.5 cm³/mol. The van der Waals surface area contributed by atoms with Crippen molar-refractivity contribution in [3.05, 3.63) is 52.9 Å². The van der Waals surface area contributed by atoms with Crippen LogP contribution in [0.15, 0.2) is 47.3 Å². The van der Waals surface area contributed by atoms with E-state index in [1.165, 1.54) is 5.56 Å². The molecule has 1 aliphatic heterocycles. The number of anilines is 1. The minimum absolute atomic E-state index is 0.811. The molecule has 104 valence electrons. The van der Waals surface area contributed by atoms with Crippen LogP contribution in [0.2, 0.25) is 0 Å². The topological polar surface area (TPSA) is 55.6 Å². The fourth-order valence-electron chi connectivity index (χ4n) is 2.60. The van der Waals surface area contributed by atoms with Crippen LogP contribution in [0.3, 0.4) is 0 Å². The molecule has 6 heteroatoms. The van der Waals surface area contributed by atoms with E-state index in [9.17, 15) is 0 Å². The molecule has 0 saturated heterocycles. The molecular weight excluding hydrogens is 330 g/mol. The van der Waals surface area contributed by atoms with Crippen LogP contribution in [0, 0.1) is 0 Å². The number of halogens is 1. The Morgan fingerprint density at radius 1 is 1.24 bits per heavy atom. The zero-order chi connectivity index (χ0) is 14.2. The molecule has 0 atom stereocenters. The Morgan fingerprint density at radius 3 is 3.00 bits per heavy atom. The number of hydrogen-bond acceptors (Lipinski definition) is 4. The van der Waals surface area contributed by atoms with Crippen molar-refractivity contribution in [1.82, 2.24) is 19.7 Å². The molecule has 3 aromatic rings. The van der Waals surface area contributed by atoms with Gasteiger partial charge in [0.25, 0.3) is 0 Å². The molecule has 0 aliphatic carbocycles.